The average molecular weight is 381 g/mol. The predicted octanol–water partition coefficient (Wildman–Crippen LogP) is 3.49. The van der Waals surface area contributed by atoms with E-state index in [1.54, 1.807) is 12.4 Å². The van der Waals surface area contributed by atoms with E-state index >= 15 is 0 Å². The second-order valence-corrected chi connectivity index (χ2v) is 6.75. The highest BCUT2D eigenvalue weighted by Crippen LogP contribution is 2.35. The first-order valence-corrected chi connectivity index (χ1v) is 8.25. The summed E-state index contributed by atoms with van der Waals surface area (Å²) in [4.78, 5) is 2.22. The molecule has 0 spiro atoms. The second kappa shape index (κ2) is 6.27. The number of anilines is 1. The van der Waals surface area contributed by atoms with Crippen LogP contribution in [0.4, 0.5) is 5.69 Å². The van der Waals surface area contributed by atoms with Gasteiger partial charge in [-0.15, -0.1) is 10.2 Å². The minimum absolute atomic E-state index is 0.414. The van der Waals surface area contributed by atoms with E-state index in [2.05, 4.69) is 37.1 Å². The molecular weight excluding hydrogens is 366 g/mol. The van der Waals surface area contributed by atoms with E-state index in [0.717, 1.165) is 41.9 Å². The van der Waals surface area contributed by atoms with Crippen LogP contribution in [0.2, 0.25) is 5.02 Å². The predicted molar refractivity (Wildman–Crippen MR) is 89.1 cm³/mol. The Morgan fingerprint density at radius 3 is 2.68 bits per heavy atom. The van der Waals surface area contributed by atoms with Gasteiger partial charge in [0.25, 0.3) is 0 Å². The molecule has 2 aromatic rings. The summed E-state index contributed by atoms with van der Waals surface area (Å²) in [5, 5.41) is 18.2. The molecule has 1 fully saturated rings. The van der Waals surface area contributed by atoms with Crippen molar-refractivity contribution in [2.45, 2.75) is 18.8 Å². The van der Waals surface area contributed by atoms with E-state index in [1.165, 1.54) is 0 Å². The van der Waals surface area contributed by atoms with Crippen molar-refractivity contribution < 1.29 is 0 Å². The summed E-state index contributed by atoms with van der Waals surface area (Å²) < 4.78 is 2.73. The Morgan fingerprint density at radius 2 is 2.09 bits per heavy atom. The minimum atomic E-state index is 0.414. The van der Waals surface area contributed by atoms with Gasteiger partial charge in [-0.2, -0.15) is 5.26 Å². The van der Waals surface area contributed by atoms with Crippen LogP contribution in [0.5, 0.6) is 0 Å². The first-order chi connectivity index (χ1) is 10.6. The van der Waals surface area contributed by atoms with Crippen molar-refractivity contribution in [3.8, 4) is 6.07 Å². The third-order valence-corrected chi connectivity index (χ3v) is 4.94. The van der Waals surface area contributed by atoms with Gasteiger partial charge in [-0.05, 0) is 40.9 Å². The molecule has 5 nitrogen and oxygen atoms in total. The largest absolute Gasteiger partial charge is 0.370 e. The van der Waals surface area contributed by atoms with Crippen LogP contribution in [-0.2, 0) is 7.05 Å². The Hall–Kier alpha value is -1.58. The molecule has 1 aliphatic heterocycles. The standard InChI is InChI=1S/C15H15BrClN5/c1-21-9-19-20-15(21)10-2-4-22(5-3-10)14-7-11(17)6-13(16)12(14)8-18/h6-7,9-10H,2-5H2,1H3. The zero-order chi connectivity index (χ0) is 15.7. The van der Waals surface area contributed by atoms with E-state index in [4.69, 9.17) is 11.6 Å². The summed E-state index contributed by atoms with van der Waals surface area (Å²) in [6.07, 6.45) is 3.71. The normalized spacial score (nSPS) is 15.8. The number of piperidine rings is 1. The summed E-state index contributed by atoms with van der Waals surface area (Å²) in [5.41, 5.74) is 1.54. The molecule has 1 saturated heterocycles. The van der Waals surface area contributed by atoms with Crippen LogP contribution in [0.15, 0.2) is 22.9 Å². The molecule has 0 aliphatic carbocycles. The van der Waals surface area contributed by atoms with Gasteiger partial charge in [-0.1, -0.05) is 11.6 Å². The van der Waals surface area contributed by atoms with E-state index < -0.39 is 0 Å². The second-order valence-electron chi connectivity index (χ2n) is 5.45. The zero-order valence-corrected chi connectivity index (χ0v) is 14.5. The molecule has 114 valence electrons. The summed E-state index contributed by atoms with van der Waals surface area (Å²) in [6, 6.07) is 5.89. The molecule has 0 radical (unpaired) electrons. The lowest BCUT2D eigenvalue weighted by Gasteiger charge is -2.33. The molecule has 0 saturated carbocycles. The topological polar surface area (TPSA) is 57.7 Å². The quantitative estimate of drug-likeness (QED) is 0.800. The van der Waals surface area contributed by atoms with Crippen LogP contribution in [0.1, 0.15) is 30.1 Å². The fourth-order valence-corrected chi connectivity index (χ4v) is 3.84. The van der Waals surface area contributed by atoms with Gasteiger partial charge in [0.15, 0.2) is 0 Å². The van der Waals surface area contributed by atoms with Gasteiger partial charge in [0.05, 0.1) is 11.3 Å². The van der Waals surface area contributed by atoms with Crippen molar-refractivity contribution in [2.75, 3.05) is 18.0 Å². The van der Waals surface area contributed by atoms with Gasteiger partial charge < -0.3 is 9.47 Å². The van der Waals surface area contributed by atoms with Gasteiger partial charge in [0, 0.05) is 35.6 Å². The number of halogens is 2. The molecule has 7 heteroatoms. The minimum Gasteiger partial charge on any atom is -0.370 e. The number of rotatable bonds is 2. The molecule has 0 atom stereocenters. The first kappa shape index (κ1) is 15.3. The summed E-state index contributed by atoms with van der Waals surface area (Å²) in [6.45, 7) is 1.75. The highest BCUT2D eigenvalue weighted by molar-refractivity contribution is 9.10. The van der Waals surface area contributed by atoms with Gasteiger partial charge in [-0.3, -0.25) is 0 Å². The zero-order valence-electron chi connectivity index (χ0n) is 12.1. The van der Waals surface area contributed by atoms with E-state index in [-0.39, 0.29) is 0 Å². The Morgan fingerprint density at radius 1 is 1.36 bits per heavy atom. The fourth-order valence-electron chi connectivity index (χ4n) is 2.96. The maximum atomic E-state index is 9.39. The smallest absolute Gasteiger partial charge is 0.135 e. The third kappa shape index (κ3) is 2.83. The van der Waals surface area contributed by atoms with Crippen LogP contribution < -0.4 is 4.90 Å². The van der Waals surface area contributed by atoms with E-state index in [9.17, 15) is 5.26 Å². The monoisotopic (exact) mass is 379 g/mol. The molecule has 0 N–H and O–H groups in total. The molecule has 3 rings (SSSR count). The highest BCUT2D eigenvalue weighted by atomic mass is 79.9. The molecule has 1 aliphatic rings. The molecule has 0 amide bonds. The Kier molecular flexibility index (Phi) is 4.37. The van der Waals surface area contributed by atoms with Gasteiger partial charge in [-0.25, -0.2) is 0 Å². The van der Waals surface area contributed by atoms with Crippen molar-refractivity contribution >= 4 is 33.2 Å². The number of hydrogen-bond acceptors (Lipinski definition) is 4. The SMILES string of the molecule is Cn1cnnc1C1CCN(c2cc(Cl)cc(Br)c2C#N)CC1. The van der Waals surface area contributed by atoms with Crippen LogP contribution in [0.25, 0.3) is 0 Å². The lowest BCUT2D eigenvalue weighted by atomic mass is 9.95. The van der Waals surface area contributed by atoms with Crippen LogP contribution in [0, 0.1) is 11.3 Å². The summed E-state index contributed by atoms with van der Waals surface area (Å²) in [5.74, 6) is 1.45. The van der Waals surface area contributed by atoms with E-state index in [1.807, 2.05) is 17.7 Å². The Labute approximate surface area is 142 Å². The maximum absolute atomic E-state index is 9.39. The lowest BCUT2D eigenvalue weighted by Crippen LogP contribution is -2.34. The molecule has 1 aromatic carbocycles. The summed E-state index contributed by atoms with van der Waals surface area (Å²) in [7, 11) is 1.98. The van der Waals surface area contributed by atoms with Crippen LogP contribution >= 0.6 is 27.5 Å². The molecule has 0 bridgehead atoms. The van der Waals surface area contributed by atoms with Gasteiger partial charge in [0.2, 0.25) is 0 Å². The lowest BCUT2D eigenvalue weighted by molar-refractivity contribution is 0.474. The van der Waals surface area contributed by atoms with Crippen molar-refractivity contribution in [1.29, 1.82) is 5.26 Å². The number of nitrogens with zero attached hydrogens (tertiary/aromatic N) is 5. The number of benzene rings is 1. The maximum Gasteiger partial charge on any atom is 0.135 e. The Balaban J connectivity index is 1.80. The van der Waals surface area contributed by atoms with E-state index in [0.29, 0.717) is 16.5 Å². The number of nitriles is 1. The van der Waals surface area contributed by atoms with Crippen LogP contribution in [-0.4, -0.2) is 27.9 Å². The number of aryl methyl sites for hydroxylation is 1. The molecule has 0 unspecified atom stereocenters. The first-order valence-electron chi connectivity index (χ1n) is 7.08. The molecule has 2 heterocycles. The van der Waals surface area contributed by atoms with Crippen molar-refractivity contribution in [2.24, 2.45) is 7.05 Å². The molecule has 1 aromatic heterocycles. The molecule has 22 heavy (non-hydrogen) atoms. The molecular formula is C15H15BrClN5. The fraction of sp³-hybridized carbons (Fsp3) is 0.400. The highest BCUT2D eigenvalue weighted by Gasteiger charge is 2.25. The van der Waals surface area contributed by atoms with Crippen molar-refractivity contribution in [1.82, 2.24) is 14.8 Å². The van der Waals surface area contributed by atoms with Crippen molar-refractivity contribution in [3.63, 3.8) is 0 Å². The van der Waals surface area contributed by atoms with Gasteiger partial charge >= 0.3 is 0 Å². The number of hydrogen-bond donors (Lipinski definition) is 0. The average Bonchev–Trinajstić information content (AvgIpc) is 2.93. The van der Waals surface area contributed by atoms with Crippen molar-refractivity contribution in [3.05, 3.63) is 39.3 Å². The van der Waals surface area contributed by atoms with Gasteiger partial charge in [0.1, 0.15) is 18.2 Å². The van der Waals surface area contributed by atoms with Crippen LogP contribution in [0.3, 0.4) is 0 Å². The third-order valence-electron chi connectivity index (χ3n) is 4.09. The summed E-state index contributed by atoms with van der Waals surface area (Å²) >= 11 is 9.56. The number of aromatic nitrogens is 3. The Bertz CT molecular complexity index is 728.